The number of nitrogens with zero attached hydrogens (tertiary/aromatic N) is 4. The molecule has 21 heavy (non-hydrogen) atoms. The van der Waals surface area contributed by atoms with Gasteiger partial charge in [0.25, 0.3) is 0 Å². The summed E-state index contributed by atoms with van der Waals surface area (Å²) in [5.41, 5.74) is 3.54. The van der Waals surface area contributed by atoms with Crippen LogP contribution in [0.5, 0.6) is 0 Å². The summed E-state index contributed by atoms with van der Waals surface area (Å²) in [6, 6.07) is 4.72. The maximum Gasteiger partial charge on any atom is 0.124 e. The number of rotatable bonds is 5. The van der Waals surface area contributed by atoms with Crippen molar-refractivity contribution in [1.82, 2.24) is 19.6 Å². The third-order valence-electron chi connectivity index (χ3n) is 3.77. The van der Waals surface area contributed by atoms with Gasteiger partial charge in [-0.15, -0.1) is 12.4 Å². The Morgan fingerprint density at radius 1 is 1.29 bits per heavy atom. The van der Waals surface area contributed by atoms with Gasteiger partial charge in [-0.25, -0.2) is 0 Å². The highest BCUT2D eigenvalue weighted by Gasteiger charge is 2.27. The molecule has 0 spiro atoms. The van der Waals surface area contributed by atoms with E-state index in [9.17, 15) is 0 Å². The van der Waals surface area contributed by atoms with Gasteiger partial charge in [0.2, 0.25) is 0 Å². The van der Waals surface area contributed by atoms with Gasteiger partial charge in [0, 0.05) is 25.1 Å². The molecular weight excluding hydrogens is 286 g/mol. The molecule has 5 nitrogen and oxygen atoms in total. The number of anilines is 1. The van der Waals surface area contributed by atoms with Crippen molar-refractivity contribution in [3.63, 3.8) is 0 Å². The van der Waals surface area contributed by atoms with Crippen molar-refractivity contribution in [2.24, 2.45) is 7.05 Å². The van der Waals surface area contributed by atoms with E-state index in [1.165, 1.54) is 24.2 Å². The number of hydrogen-bond donors (Lipinski definition) is 1. The lowest BCUT2D eigenvalue weighted by molar-refractivity contribution is 0.507. The zero-order valence-corrected chi connectivity index (χ0v) is 13.9. The second-order valence-corrected chi connectivity index (χ2v) is 6.02. The highest BCUT2D eigenvalue weighted by molar-refractivity contribution is 5.85. The number of nitrogens with one attached hydrogen (secondary N) is 1. The molecule has 116 valence electrons. The Morgan fingerprint density at radius 2 is 2.00 bits per heavy atom. The molecule has 1 aliphatic rings. The fourth-order valence-electron chi connectivity index (χ4n) is 2.57. The SMILES string of the molecule is Cc1cc(NCc2cc(C3CC3)nn2C(C)C)n(C)n1.Cl. The van der Waals surface area contributed by atoms with E-state index in [0.29, 0.717) is 12.0 Å². The molecule has 0 bridgehead atoms. The average molecular weight is 310 g/mol. The van der Waals surface area contributed by atoms with E-state index in [-0.39, 0.29) is 12.4 Å². The second-order valence-electron chi connectivity index (χ2n) is 6.02. The van der Waals surface area contributed by atoms with E-state index in [0.717, 1.165) is 18.1 Å². The summed E-state index contributed by atoms with van der Waals surface area (Å²) in [5, 5.41) is 12.6. The molecule has 2 aromatic rings. The van der Waals surface area contributed by atoms with Crippen LogP contribution in [0.1, 0.15) is 55.7 Å². The molecule has 2 aromatic heterocycles. The van der Waals surface area contributed by atoms with Gasteiger partial charge < -0.3 is 5.32 Å². The molecule has 0 unspecified atom stereocenters. The van der Waals surface area contributed by atoms with Crippen molar-refractivity contribution < 1.29 is 0 Å². The lowest BCUT2D eigenvalue weighted by Gasteiger charge is -2.12. The predicted molar refractivity (Wildman–Crippen MR) is 87.1 cm³/mol. The number of halogens is 1. The molecule has 0 atom stereocenters. The molecule has 1 fully saturated rings. The van der Waals surface area contributed by atoms with Crippen LogP contribution in [0.2, 0.25) is 0 Å². The van der Waals surface area contributed by atoms with Gasteiger partial charge in [-0.1, -0.05) is 0 Å². The molecule has 1 saturated carbocycles. The Kier molecular flexibility index (Phi) is 4.61. The van der Waals surface area contributed by atoms with Gasteiger partial charge in [-0.05, 0) is 39.7 Å². The van der Waals surface area contributed by atoms with Gasteiger partial charge in [0.1, 0.15) is 5.82 Å². The van der Waals surface area contributed by atoms with Crippen molar-refractivity contribution in [1.29, 1.82) is 0 Å². The summed E-state index contributed by atoms with van der Waals surface area (Å²) in [6.45, 7) is 7.16. The number of hydrogen-bond acceptors (Lipinski definition) is 3. The van der Waals surface area contributed by atoms with Gasteiger partial charge in [-0.3, -0.25) is 9.36 Å². The zero-order chi connectivity index (χ0) is 14.3. The Hall–Kier alpha value is -1.49. The largest absolute Gasteiger partial charge is 0.365 e. The number of aromatic nitrogens is 4. The van der Waals surface area contributed by atoms with Crippen LogP contribution in [0.25, 0.3) is 0 Å². The minimum atomic E-state index is 0. The van der Waals surface area contributed by atoms with Gasteiger partial charge in [0.05, 0.1) is 23.6 Å². The Labute approximate surface area is 132 Å². The van der Waals surface area contributed by atoms with E-state index in [4.69, 9.17) is 5.10 Å². The van der Waals surface area contributed by atoms with Crippen molar-refractivity contribution in [3.05, 3.63) is 29.2 Å². The molecule has 0 radical (unpaired) electrons. The molecule has 0 aromatic carbocycles. The number of aryl methyl sites for hydroxylation is 2. The van der Waals surface area contributed by atoms with Crippen molar-refractivity contribution in [2.45, 2.75) is 52.1 Å². The molecule has 0 aliphatic heterocycles. The van der Waals surface area contributed by atoms with Crippen LogP contribution in [0, 0.1) is 6.92 Å². The first kappa shape index (κ1) is 15.9. The van der Waals surface area contributed by atoms with E-state index in [1.54, 1.807) is 0 Å². The monoisotopic (exact) mass is 309 g/mol. The Morgan fingerprint density at radius 3 is 2.52 bits per heavy atom. The average Bonchev–Trinajstić information content (AvgIpc) is 3.06. The van der Waals surface area contributed by atoms with E-state index in [1.807, 2.05) is 18.7 Å². The lowest BCUT2D eigenvalue weighted by atomic mass is 10.2. The normalized spacial score (nSPS) is 14.3. The van der Waals surface area contributed by atoms with Crippen LogP contribution in [-0.4, -0.2) is 19.6 Å². The van der Waals surface area contributed by atoms with Crippen LogP contribution in [0.3, 0.4) is 0 Å². The fourth-order valence-corrected chi connectivity index (χ4v) is 2.57. The fraction of sp³-hybridized carbons (Fsp3) is 0.600. The van der Waals surface area contributed by atoms with Crippen molar-refractivity contribution in [2.75, 3.05) is 5.32 Å². The topological polar surface area (TPSA) is 47.7 Å². The molecule has 1 N–H and O–H groups in total. The minimum absolute atomic E-state index is 0. The van der Waals surface area contributed by atoms with E-state index in [2.05, 4.69) is 41.1 Å². The standard InChI is InChI=1S/C15H23N5.ClH/c1-10(2)20-13(8-14(18-20)12-5-6-12)9-16-15-7-11(3)17-19(15)4;/h7-8,10,12,16H,5-6,9H2,1-4H3;1H. The first-order valence-electron chi connectivity index (χ1n) is 7.37. The van der Waals surface area contributed by atoms with Crippen LogP contribution in [0.15, 0.2) is 12.1 Å². The summed E-state index contributed by atoms with van der Waals surface area (Å²) < 4.78 is 4.02. The maximum atomic E-state index is 4.77. The van der Waals surface area contributed by atoms with Crippen LogP contribution in [0.4, 0.5) is 5.82 Å². The first-order valence-corrected chi connectivity index (χ1v) is 7.37. The summed E-state index contributed by atoms with van der Waals surface area (Å²) in [7, 11) is 1.96. The van der Waals surface area contributed by atoms with Gasteiger partial charge >= 0.3 is 0 Å². The Bertz CT molecular complexity index is 610. The Balaban J connectivity index is 0.00000161. The van der Waals surface area contributed by atoms with E-state index < -0.39 is 0 Å². The van der Waals surface area contributed by atoms with Crippen LogP contribution < -0.4 is 5.32 Å². The third kappa shape index (κ3) is 3.40. The lowest BCUT2D eigenvalue weighted by Crippen LogP contribution is -2.12. The predicted octanol–water partition coefficient (Wildman–Crippen LogP) is 3.42. The summed E-state index contributed by atoms with van der Waals surface area (Å²) >= 11 is 0. The minimum Gasteiger partial charge on any atom is -0.365 e. The smallest absolute Gasteiger partial charge is 0.124 e. The summed E-state index contributed by atoms with van der Waals surface area (Å²) in [5.74, 6) is 1.75. The third-order valence-corrected chi connectivity index (χ3v) is 3.77. The van der Waals surface area contributed by atoms with Crippen LogP contribution >= 0.6 is 12.4 Å². The zero-order valence-electron chi connectivity index (χ0n) is 13.1. The van der Waals surface area contributed by atoms with Crippen molar-refractivity contribution in [3.8, 4) is 0 Å². The van der Waals surface area contributed by atoms with Gasteiger partial charge in [0.15, 0.2) is 0 Å². The second kappa shape index (κ2) is 6.10. The molecule has 1 aliphatic carbocycles. The molecule has 6 heteroatoms. The summed E-state index contributed by atoms with van der Waals surface area (Å²) in [4.78, 5) is 0. The maximum absolute atomic E-state index is 4.77. The first-order chi connectivity index (χ1) is 9.54. The van der Waals surface area contributed by atoms with E-state index >= 15 is 0 Å². The van der Waals surface area contributed by atoms with Crippen LogP contribution in [-0.2, 0) is 13.6 Å². The molecule has 3 rings (SSSR count). The van der Waals surface area contributed by atoms with Gasteiger partial charge in [-0.2, -0.15) is 10.2 Å². The molecule has 2 heterocycles. The van der Waals surface area contributed by atoms with Crippen molar-refractivity contribution >= 4 is 18.2 Å². The highest BCUT2D eigenvalue weighted by atomic mass is 35.5. The molecule has 0 saturated heterocycles. The summed E-state index contributed by atoms with van der Waals surface area (Å²) in [6.07, 6.45) is 2.59. The quantitative estimate of drug-likeness (QED) is 0.920. The molecular formula is C15H24ClN5. The molecule has 0 amide bonds. The highest BCUT2D eigenvalue weighted by Crippen LogP contribution is 2.39.